The normalized spacial score (nSPS) is 11.7. The Labute approximate surface area is 95.3 Å². The van der Waals surface area contributed by atoms with Crippen LogP contribution in [0.5, 0.6) is 0 Å². The number of aromatic amines is 1. The highest BCUT2D eigenvalue weighted by atomic mass is 19.1. The molecule has 4 nitrogen and oxygen atoms in total. The third-order valence-corrected chi connectivity index (χ3v) is 2.64. The number of nitrogens with zero attached hydrogens (tertiary/aromatic N) is 2. The van der Waals surface area contributed by atoms with E-state index in [1.54, 1.807) is 10.6 Å². The van der Waals surface area contributed by atoms with Crippen LogP contribution in [0.3, 0.4) is 0 Å². The van der Waals surface area contributed by atoms with E-state index in [4.69, 9.17) is 0 Å². The molecule has 88 valence electrons. The molecule has 0 spiro atoms. The molecule has 0 aliphatic rings. The lowest BCUT2D eigenvalue weighted by Crippen LogP contribution is -2.04. The van der Waals surface area contributed by atoms with E-state index in [9.17, 15) is 8.78 Å². The number of rotatable bonds is 2. The fraction of sp³-hybridized carbons (Fsp3) is 0.182. The van der Waals surface area contributed by atoms with E-state index in [0.717, 1.165) is 11.8 Å². The molecule has 0 bridgehead atoms. The Morgan fingerprint density at radius 2 is 2.24 bits per heavy atom. The van der Waals surface area contributed by atoms with Crippen LogP contribution in [0.1, 0.15) is 5.69 Å². The van der Waals surface area contributed by atoms with E-state index in [1.807, 2.05) is 7.05 Å². The molecule has 2 heterocycles. The van der Waals surface area contributed by atoms with Gasteiger partial charge in [0.05, 0.1) is 5.52 Å². The fourth-order valence-corrected chi connectivity index (χ4v) is 1.95. The minimum atomic E-state index is -0.646. The molecule has 0 amide bonds. The number of aromatic nitrogens is 3. The highest BCUT2D eigenvalue weighted by Crippen LogP contribution is 2.21. The smallest absolute Gasteiger partial charge is 0.212 e. The number of H-pyrrole nitrogens is 1. The Bertz CT molecular complexity index is 698. The minimum absolute atomic E-state index is 0.175. The third kappa shape index (κ3) is 1.49. The van der Waals surface area contributed by atoms with Crippen molar-refractivity contribution in [1.29, 1.82) is 0 Å². The summed E-state index contributed by atoms with van der Waals surface area (Å²) in [5.74, 6) is -0.741. The second kappa shape index (κ2) is 3.53. The molecule has 0 fully saturated rings. The number of halogens is 2. The van der Waals surface area contributed by atoms with E-state index in [-0.39, 0.29) is 5.52 Å². The molecule has 17 heavy (non-hydrogen) atoms. The van der Waals surface area contributed by atoms with Gasteiger partial charge in [-0.1, -0.05) is 0 Å². The predicted octanol–water partition coefficient (Wildman–Crippen LogP) is 1.81. The summed E-state index contributed by atoms with van der Waals surface area (Å²) in [7, 11) is 1.82. The maximum absolute atomic E-state index is 13.5. The quantitative estimate of drug-likeness (QED) is 0.712. The molecule has 2 aromatic heterocycles. The zero-order valence-electron chi connectivity index (χ0n) is 9.09. The first-order chi connectivity index (χ1) is 8.19. The maximum Gasteiger partial charge on any atom is 0.212 e. The van der Waals surface area contributed by atoms with E-state index in [2.05, 4.69) is 15.3 Å². The van der Waals surface area contributed by atoms with Crippen LogP contribution in [0.2, 0.25) is 0 Å². The minimum Gasteiger partial charge on any atom is -0.326 e. The van der Waals surface area contributed by atoms with E-state index in [0.29, 0.717) is 17.8 Å². The van der Waals surface area contributed by atoms with Gasteiger partial charge in [-0.3, -0.25) is 4.40 Å². The lowest BCUT2D eigenvalue weighted by Gasteiger charge is -1.94. The number of imidazole rings is 2. The second-order valence-corrected chi connectivity index (χ2v) is 3.87. The monoisotopic (exact) mass is 236 g/mol. The average Bonchev–Trinajstić information content (AvgIpc) is 2.77. The summed E-state index contributed by atoms with van der Waals surface area (Å²) in [6.45, 7) is 0.642. The topological polar surface area (TPSA) is 45.1 Å². The van der Waals surface area contributed by atoms with Crippen molar-refractivity contribution in [2.24, 2.45) is 0 Å². The van der Waals surface area contributed by atoms with Gasteiger partial charge < -0.3 is 10.3 Å². The highest BCUT2D eigenvalue weighted by molar-refractivity contribution is 5.80. The summed E-state index contributed by atoms with van der Waals surface area (Å²) in [5, 5.41) is 2.99. The molecule has 0 unspecified atom stereocenters. The number of fused-ring (bicyclic) bond motifs is 3. The molecule has 3 aromatic rings. The van der Waals surface area contributed by atoms with Crippen molar-refractivity contribution < 1.29 is 8.78 Å². The summed E-state index contributed by atoms with van der Waals surface area (Å²) >= 11 is 0. The van der Waals surface area contributed by atoms with Gasteiger partial charge in [0.2, 0.25) is 5.78 Å². The first-order valence-corrected chi connectivity index (χ1v) is 5.18. The maximum atomic E-state index is 13.5. The number of benzene rings is 1. The van der Waals surface area contributed by atoms with Gasteiger partial charge in [-0.05, 0) is 7.05 Å². The highest BCUT2D eigenvalue weighted by Gasteiger charge is 2.12. The van der Waals surface area contributed by atoms with Gasteiger partial charge in [-0.2, -0.15) is 0 Å². The standard InChI is InChI=1S/C11H10F2N4/c1-14-4-7-5-17-9-3-6(12)2-8(13)10(9)16-11(17)15-7/h2-3,5,14H,4H2,1H3,(H,15,16). The average molecular weight is 236 g/mol. The molecule has 0 atom stereocenters. The summed E-state index contributed by atoms with van der Waals surface area (Å²) in [4.78, 5) is 7.13. The zero-order chi connectivity index (χ0) is 12.0. The third-order valence-electron chi connectivity index (χ3n) is 2.64. The van der Waals surface area contributed by atoms with Crippen molar-refractivity contribution >= 4 is 16.8 Å². The van der Waals surface area contributed by atoms with Crippen LogP contribution in [0.4, 0.5) is 8.78 Å². The van der Waals surface area contributed by atoms with Crippen LogP contribution >= 0.6 is 0 Å². The van der Waals surface area contributed by atoms with Crippen molar-refractivity contribution in [1.82, 2.24) is 19.7 Å². The van der Waals surface area contributed by atoms with Crippen LogP contribution in [0.25, 0.3) is 16.8 Å². The number of hydrogen-bond donors (Lipinski definition) is 2. The lowest BCUT2D eigenvalue weighted by molar-refractivity contribution is 0.590. The summed E-state index contributed by atoms with van der Waals surface area (Å²) in [6, 6.07) is 2.11. The Morgan fingerprint density at radius 1 is 1.41 bits per heavy atom. The molecule has 1 aromatic carbocycles. The van der Waals surface area contributed by atoms with Gasteiger partial charge in [-0.15, -0.1) is 0 Å². The van der Waals surface area contributed by atoms with Crippen LogP contribution < -0.4 is 5.32 Å². The largest absolute Gasteiger partial charge is 0.326 e. The Hall–Kier alpha value is -1.95. The molecule has 0 saturated carbocycles. The molecular formula is C11H10F2N4. The van der Waals surface area contributed by atoms with Crippen molar-refractivity contribution in [3.05, 3.63) is 35.7 Å². The lowest BCUT2D eigenvalue weighted by atomic mass is 10.3. The van der Waals surface area contributed by atoms with E-state index >= 15 is 0 Å². The SMILES string of the molecule is CNCc1cn2c(nc3c(F)cc(F)cc32)[nH]1. The van der Waals surface area contributed by atoms with Gasteiger partial charge in [0.15, 0.2) is 5.82 Å². The summed E-state index contributed by atoms with van der Waals surface area (Å²) < 4.78 is 28.3. The van der Waals surface area contributed by atoms with Crippen LogP contribution in [0.15, 0.2) is 18.3 Å². The van der Waals surface area contributed by atoms with Crippen LogP contribution in [-0.2, 0) is 6.54 Å². The molecule has 0 aliphatic heterocycles. The van der Waals surface area contributed by atoms with Gasteiger partial charge in [0.25, 0.3) is 0 Å². The summed E-state index contributed by atoms with van der Waals surface area (Å²) in [6.07, 6.45) is 1.78. The molecule has 0 radical (unpaired) electrons. The van der Waals surface area contributed by atoms with Gasteiger partial charge in [0, 0.05) is 30.6 Å². The first kappa shape index (κ1) is 10.2. The van der Waals surface area contributed by atoms with Gasteiger partial charge in [-0.25, -0.2) is 13.8 Å². The van der Waals surface area contributed by atoms with Crippen LogP contribution in [0, 0.1) is 11.6 Å². The van der Waals surface area contributed by atoms with Crippen molar-refractivity contribution in [2.45, 2.75) is 6.54 Å². The molecule has 3 rings (SSSR count). The Kier molecular flexibility index (Phi) is 2.12. The molecule has 0 saturated heterocycles. The Balaban J connectivity index is 2.32. The molecule has 0 aliphatic carbocycles. The molecule has 6 heteroatoms. The molecular weight excluding hydrogens is 226 g/mol. The predicted molar refractivity (Wildman–Crippen MR) is 59.7 cm³/mol. The number of nitrogens with one attached hydrogen (secondary N) is 2. The van der Waals surface area contributed by atoms with Crippen molar-refractivity contribution in [3.8, 4) is 0 Å². The summed E-state index contributed by atoms with van der Waals surface area (Å²) in [5.41, 5.74) is 1.51. The Morgan fingerprint density at radius 3 is 3.00 bits per heavy atom. The van der Waals surface area contributed by atoms with E-state index < -0.39 is 11.6 Å². The fourth-order valence-electron chi connectivity index (χ4n) is 1.95. The van der Waals surface area contributed by atoms with Crippen molar-refractivity contribution in [2.75, 3.05) is 7.05 Å². The molecule has 2 N–H and O–H groups in total. The first-order valence-electron chi connectivity index (χ1n) is 5.18. The zero-order valence-corrected chi connectivity index (χ0v) is 9.09. The van der Waals surface area contributed by atoms with E-state index in [1.165, 1.54) is 6.07 Å². The second-order valence-electron chi connectivity index (χ2n) is 3.87. The number of hydrogen-bond acceptors (Lipinski definition) is 2. The van der Waals surface area contributed by atoms with Crippen molar-refractivity contribution in [3.63, 3.8) is 0 Å². The van der Waals surface area contributed by atoms with Gasteiger partial charge in [0.1, 0.15) is 11.3 Å². The van der Waals surface area contributed by atoms with Crippen LogP contribution in [-0.4, -0.2) is 21.4 Å². The van der Waals surface area contributed by atoms with Gasteiger partial charge >= 0.3 is 0 Å².